The first kappa shape index (κ1) is 13.7. The Hall–Kier alpha value is -0.690. The van der Waals surface area contributed by atoms with E-state index in [1.54, 1.807) is 0 Å². The molecule has 1 fully saturated rings. The summed E-state index contributed by atoms with van der Waals surface area (Å²) in [6.07, 6.45) is -1.30. The van der Waals surface area contributed by atoms with E-state index in [4.69, 9.17) is 5.73 Å². The predicted molar refractivity (Wildman–Crippen MR) is 63.4 cm³/mol. The number of aromatic nitrogens is 2. The van der Waals surface area contributed by atoms with Crippen molar-refractivity contribution in [3.05, 3.63) is 10.0 Å². The summed E-state index contributed by atoms with van der Waals surface area (Å²) in [7, 11) is 0. The minimum absolute atomic E-state index is 0.208. The van der Waals surface area contributed by atoms with Gasteiger partial charge in [0, 0.05) is 12.3 Å². The second-order valence-electron chi connectivity index (χ2n) is 4.61. The zero-order valence-electron chi connectivity index (χ0n) is 9.91. The minimum Gasteiger partial charge on any atom is -0.330 e. The van der Waals surface area contributed by atoms with Crippen molar-refractivity contribution in [2.75, 3.05) is 6.54 Å². The summed E-state index contributed by atoms with van der Waals surface area (Å²) in [5.41, 5.74) is 5.40. The van der Waals surface area contributed by atoms with Crippen molar-refractivity contribution in [2.24, 2.45) is 11.7 Å². The molecule has 1 saturated carbocycles. The normalized spacial score (nSPS) is 25.3. The van der Waals surface area contributed by atoms with Crippen LogP contribution in [0.3, 0.4) is 0 Å². The Kier molecular flexibility index (Phi) is 4.21. The van der Waals surface area contributed by atoms with Gasteiger partial charge in [0.25, 0.3) is 0 Å². The number of alkyl halides is 3. The molecule has 0 aromatic carbocycles. The molecule has 18 heavy (non-hydrogen) atoms. The van der Waals surface area contributed by atoms with Gasteiger partial charge in [-0.25, -0.2) is 0 Å². The second-order valence-corrected chi connectivity index (χ2v) is 5.71. The maximum atomic E-state index is 13.0. The highest BCUT2D eigenvalue weighted by atomic mass is 32.1. The predicted octanol–water partition coefficient (Wildman–Crippen LogP) is 2.88. The summed E-state index contributed by atoms with van der Waals surface area (Å²) in [5.74, 6) is -1.77. The van der Waals surface area contributed by atoms with E-state index in [1.165, 1.54) is 11.3 Å². The molecule has 2 N–H and O–H groups in total. The van der Waals surface area contributed by atoms with E-state index in [0.29, 0.717) is 30.8 Å². The number of hydrogen-bond acceptors (Lipinski definition) is 4. The summed E-state index contributed by atoms with van der Waals surface area (Å²) in [5, 5.41) is 9.12. The Morgan fingerprint density at radius 3 is 2.61 bits per heavy atom. The van der Waals surface area contributed by atoms with Crippen LogP contribution in [0.1, 0.15) is 41.6 Å². The molecule has 1 aromatic heterocycles. The van der Waals surface area contributed by atoms with Crippen molar-refractivity contribution >= 4 is 11.3 Å². The summed E-state index contributed by atoms with van der Waals surface area (Å²) in [6.45, 7) is 0.446. The first-order valence-electron chi connectivity index (χ1n) is 6.11. The summed E-state index contributed by atoms with van der Waals surface area (Å²) < 4.78 is 38.9. The lowest BCUT2D eigenvalue weighted by molar-refractivity contribution is -0.187. The molecule has 1 heterocycles. The number of halogens is 3. The Labute approximate surface area is 108 Å². The van der Waals surface area contributed by atoms with E-state index in [-0.39, 0.29) is 6.42 Å². The standard InChI is InChI=1S/C11H16F3N3S/c12-11(13,14)8-4-2-1-3-7(8)10-17-16-9(18-10)5-6-15/h7-8H,1-6,15H2. The van der Waals surface area contributed by atoms with E-state index >= 15 is 0 Å². The highest BCUT2D eigenvalue weighted by molar-refractivity contribution is 7.11. The van der Waals surface area contributed by atoms with E-state index in [0.717, 1.165) is 11.4 Å². The van der Waals surface area contributed by atoms with Crippen molar-refractivity contribution in [3.63, 3.8) is 0 Å². The zero-order chi connectivity index (χ0) is 13.2. The number of nitrogens with zero attached hydrogens (tertiary/aromatic N) is 2. The summed E-state index contributed by atoms with van der Waals surface area (Å²) >= 11 is 1.28. The average molecular weight is 279 g/mol. The van der Waals surface area contributed by atoms with Gasteiger partial charge < -0.3 is 5.73 Å². The molecule has 0 radical (unpaired) electrons. The van der Waals surface area contributed by atoms with Crippen molar-refractivity contribution in [1.29, 1.82) is 0 Å². The fourth-order valence-corrected chi connectivity index (χ4v) is 3.52. The lowest BCUT2D eigenvalue weighted by Gasteiger charge is -2.31. The van der Waals surface area contributed by atoms with E-state index in [1.807, 2.05) is 0 Å². The molecule has 0 aliphatic heterocycles. The lowest BCUT2D eigenvalue weighted by atomic mass is 9.79. The van der Waals surface area contributed by atoms with Crippen LogP contribution in [0.25, 0.3) is 0 Å². The highest BCUT2D eigenvalue weighted by Gasteiger charge is 2.47. The maximum Gasteiger partial charge on any atom is 0.392 e. The topological polar surface area (TPSA) is 51.8 Å². The molecular weight excluding hydrogens is 263 g/mol. The third kappa shape index (κ3) is 3.00. The molecule has 1 aliphatic carbocycles. The Morgan fingerprint density at radius 1 is 1.22 bits per heavy atom. The van der Waals surface area contributed by atoms with Crippen LogP contribution in [0.15, 0.2) is 0 Å². The molecule has 0 spiro atoms. The van der Waals surface area contributed by atoms with Gasteiger partial charge in [-0.2, -0.15) is 13.2 Å². The van der Waals surface area contributed by atoms with Crippen molar-refractivity contribution < 1.29 is 13.2 Å². The maximum absolute atomic E-state index is 13.0. The van der Waals surface area contributed by atoms with Gasteiger partial charge in [0.05, 0.1) is 5.92 Å². The Morgan fingerprint density at radius 2 is 1.94 bits per heavy atom. The summed E-state index contributed by atoms with van der Waals surface area (Å²) in [6, 6.07) is 0. The van der Waals surface area contributed by atoms with Crippen molar-refractivity contribution in [3.8, 4) is 0 Å². The van der Waals surface area contributed by atoms with Gasteiger partial charge >= 0.3 is 6.18 Å². The zero-order valence-corrected chi connectivity index (χ0v) is 10.7. The van der Waals surface area contributed by atoms with Crippen LogP contribution >= 0.6 is 11.3 Å². The van der Waals surface area contributed by atoms with Crippen LogP contribution in [-0.2, 0) is 6.42 Å². The van der Waals surface area contributed by atoms with E-state index in [9.17, 15) is 13.2 Å². The van der Waals surface area contributed by atoms with Gasteiger partial charge in [-0.1, -0.05) is 12.8 Å². The molecule has 2 rings (SSSR count). The van der Waals surface area contributed by atoms with Crippen LogP contribution in [0.2, 0.25) is 0 Å². The van der Waals surface area contributed by atoms with Crippen molar-refractivity contribution in [1.82, 2.24) is 10.2 Å². The van der Waals surface area contributed by atoms with Crippen LogP contribution in [0.4, 0.5) is 13.2 Å². The third-order valence-corrected chi connectivity index (χ3v) is 4.46. The number of rotatable bonds is 3. The molecule has 1 aliphatic rings. The van der Waals surface area contributed by atoms with Gasteiger partial charge in [-0.15, -0.1) is 21.5 Å². The second kappa shape index (κ2) is 5.52. The molecule has 2 atom stereocenters. The Balaban J connectivity index is 2.17. The fraction of sp³-hybridized carbons (Fsp3) is 0.818. The molecular formula is C11H16F3N3S. The SMILES string of the molecule is NCCc1nnc(C2CCCCC2C(F)(F)F)s1. The largest absolute Gasteiger partial charge is 0.392 e. The minimum atomic E-state index is -4.13. The molecule has 3 nitrogen and oxygen atoms in total. The first-order chi connectivity index (χ1) is 8.52. The van der Waals surface area contributed by atoms with Crippen LogP contribution < -0.4 is 5.73 Å². The lowest BCUT2D eigenvalue weighted by Crippen LogP contribution is -2.31. The summed E-state index contributed by atoms with van der Waals surface area (Å²) in [4.78, 5) is 0. The van der Waals surface area contributed by atoms with Crippen molar-refractivity contribution in [2.45, 2.75) is 44.2 Å². The van der Waals surface area contributed by atoms with Crippen LogP contribution in [-0.4, -0.2) is 22.9 Å². The van der Waals surface area contributed by atoms with E-state index < -0.39 is 18.0 Å². The van der Waals surface area contributed by atoms with Gasteiger partial charge in [0.15, 0.2) is 0 Å². The van der Waals surface area contributed by atoms with Gasteiger partial charge in [-0.05, 0) is 19.4 Å². The van der Waals surface area contributed by atoms with Gasteiger partial charge in [0.1, 0.15) is 10.0 Å². The first-order valence-corrected chi connectivity index (χ1v) is 6.93. The number of hydrogen-bond donors (Lipinski definition) is 1. The molecule has 0 saturated heterocycles. The van der Waals surface area contributed by atoms with Crippen LogP contribution in [0, 0.1) is 5.92 Å². The molecule has 0 amide bonds. The molecule has 7 heteroatoms. The van der Waals surface area contributed by atoms with Gasteiger partial charge in [0.2, 0.25) is 0 Å². The van der Waals surface area contributed by atoms with Crippen LogP contribution in [0.5, 0.6) is 0 Å². The molecule has 2 unspecified atom stereocenters. The fourth-order valence-electron chi connectivity index (χ4n) is 2.46. The Bertz CT molecular complexity index is 391. The molecule has 102 valence electrons. The highest BCUT2D eigenvalue weighted by Crippen LogP contribution is 2.46. The molecule has 1 aromatic rings. The number of nitrogens with two attached hydrogens (primary N) is 1. The third-order valence-electron chi connectivity index (χ3n) is 3.34. The van der Waals surface area contributed by atoms with E-state index in [2.05, 4.69) is 10.2 Å². The van der Waals surface area contributed by atoms with Gasteiger partial charge in [-0.3, -0.25) is 0 Å². The monoisotopic (exact) mass is 279 g/mol. The molecule has 0 bridgehead atoms. The quantitative estimate of drug-likeness (QED) is 0.925. The smallest absolute Gasteiger partial charge is 0.330 e. The average Bonchev–Trinajstić information content (AvgIpc) is 2.77.